The monoisotopic (exact) mass is 242 g/mol. The van der Waals surface area contributed by atoms with Crippen LogP contribution in [-0.2, 0) is 7.05 Å². The Kier molecular flexibility index (Phi) is 2.41. The van der Waals surface area contributed by atoms with Crippen LogP contribution in [0.1, 0.15) is 23.1 Å². The van der Waals surface area contributed by atoms with Crippen molar-refractivity contribution in [3.63, 3.8) is 0 Å². The summed E-state index contributed by atoms with van der Waals surface area (Å²) in [6.45, 7) is 2.05. The maximum Gasteiger partial charge on any atom is 0.134 e. The third-order valence-corrected chi connectivity index (χ3v) is 3.07. The molecule has 0 saturated carbocycles. The summed E-state index contributed by atoms with van der Waals surface area (Å²) in [5.41, 5.74) is 9.04. The van der Waals surface area contributed by atoms with E-state index in [-0.39, 0.29) is 6.04 Å². The highest BCUT2D eigenvalue weighted by Crippen LogP contribution is 2.26. The van der Waals surface area contributed by atoms with E-state index in [2.05, 4.69) is 23.3 Å². The third kappa shape index (κ3) is 1.69. The molecule has 3 rings (SSSR count). The largest absolute Gasteiger partial charge is 0.459 e. The maximum atomic E-state index is 6.17. The fourth-order valence-electron chi connectivity index (χ4n) is 2.06. The Hall–Kier alpha value is -2.14. The van der Waals surface area contributed by atoms with Gasteiger partial charge in [0.1, 0.15) is 17.4 Å². The topological polar surface area (TPSA) is 69.9 Å². The lowest BCUT2D eigenvalue weighted by Gasteiger charge is -2.07. The van der Waals surface area contributed by atoms with E-state index in [1.807, 2.05) is 25.2 Å². The van der Waals surface area contributed by atoms with E-state index in [0.717, 1.165) is 22.4 Å². The van der Waals surface area contributed by atoms with Crippen LogP contribution in [0.15, 0.2) is 34.9 Å². The standard InChI is InChI=1S/C13H14N4O/c1-8-3-4-11-9(5-8)6-12(18-11)13(14)10-7-15-16-17(10)2/h3-7,13H,14H2,1-2H3. The van der Waals surface area contributed by atoms with Crippen LogP contribution in [0.2, 0.25) is 0 Å². The van der Waals surface area contributed by atoms with Crippen molar-refractivity contribution >= 4 is 11.0 Å². The van der Waals surface area contributed by atoms with E-state index < -0.39 is 0 Å². The van der Waals surface area contributed by atoms with E-state index in [1.54, 1.807) is 10.9 Å². The molecule has 5 nitrogen and oxygen atoms in total. The lowest BCUT2D eigenvalue weighted by atomic mass is 10.1. The first-order valence-electron chi connectivity index (χ1n) is 5.75. The minimum atomic E-state index is -0.349. The highest BCUT2D eigenvalue weighted by Gasteiger charge is 2.17. The molecule has 18 heavy (non-hydrogen) atoms. The first kappa shape index (κ1) is 11.0. The third-order valence-electron chi connectivity index (χ3n) is 3.07. The number of furan rings is 1. The summed E-state index contributed by atoms with van der Waals surface area (Å²) < 4.78 is 7.43. The molecule has 5 heteroatoms. The minimum absolute atomic E-state index is 0.349. The molecule has 2 heterocycles. The molecular formula is C13H14N4O. The lowest BCUT2D eigenvalue weighted by molar-refractivity contribution is 0.508. The Morgan fingerprint density at radius 1 is 1.33 bits per heavy atom. The highest BCUT2D eigenvalue weighted by molar-refractivity contribution is 5.78. The molecule has 0 bridgehead atoms. The van der Waals surface area contributed by atoms with Gasteiger partial charge >= 0.3 is 0 Å². The number of aromatic nitrogens is 3. The molecule has 1 aromatic carbocycles. The molecule has 1 atom stereocenters. The van der Waals surface area contributed by atoms with Gasteiger partial charge in [-0.15, -0.1) is 5.10 Å². The molecule has 2 N–H and O–H groups in total. The fourth-order valence-corrected chi connectivity index (χ4v) is 2.06. The molecule has 0 amide bonds. The number of benzene rings is 1. The Labute approximate surface area is 104 Å². The first-order chi connectivity index (χ1) is 8.65. The van der Waals surface area contributed by atoms with Crippen molar-refractivity contribution in [2.45, 2.75) is 13.0 Å². The van der Waals surface area contributed by atoms with Crippen LogP contribution in [-0.4, -0.2) is 15.0 Å². The van der Waals surface area contributed by atoms with Crippen LogP contribution in [0.3, 0.4) is 0 Å². The molecule has 0 fully saturated rings. The summed E-state index contributed by atoms with van der Waals surface area (Å²) in [6, 6.07) is 7.68. The van der Waals surface area contributed by atoms with Gasteiger partial charge < -0.3 is 10.2 Å². The minimum Gasteiger partial charge on any atom is -0.459 e. The van der Waals surface area contributed by atoms with Gasteiger partial charge in [-0.05, 0) is 25.1 Å². The van der Waals surface area contributed by atoms with Gasteiger partial charge in [0.2, 0.25) is 0 Å². The number of rotatable bonds is 2. The molecule has 0 saturated heterocycles. The molecule has 0 aliphatic rings. The molecule has 92 valence electrons. The van der Waals surface area contributed by atoms with E-state index in [0.29, 0.717) is 0 Å². The summed E-state index contributed by atoms with van der Waals surface area (Å²) in [6.07, 6.45) is 1.66. The zero-order valence-corrected chi connectivity index (χ0v) is 10.3. The second-order valence-corrected chi connectivity index (χ2v) is 4.45. The van der Waals surface area contributed by atoms with E-state index in [1.165, 1.54) is 5.56 Å². The summed E-state index contributed by atoms with van der Waals surface area (Å²) >= 11 is 0. The van der Waals surface area contributed by atoms with Crippen LogP contribution < -0.4 is 5.73 Å². The van der Waals surface area contributed by atoms with Crippen molar-refractivity contribution < 1.29 is 4.42 Å². The smallest absolute Gasteiger partial charge is 0.134 e. The zero-order valence-electron chi connectivity index (χ0n) is 10.3. The molecule has 0 aliphatic heterocycles. The summed E-state index contributed by atoms with van der Waals surface area (Å²) in [4.78, 5) is 0. The van der Waals surface area contributed by atoms with Gasteiger partial charge in [0, 0.05) is 12.4 Å². The van der Waals surface area contributed by atoms with Crippen LogP contribution in [0.5, 0.6) is 0 Å². The molecule has 2 aromatic heterocycles. The second kappa shape index (κ2) is 3.96. The number of aryl methyl sites for hydroxylation is 2. The predicted octanol–water partition coefficient (Wildman–Crippen LogP) is 1.92. The van der Waals surface area contributed by atoms with Gasteiger partial charge in [0.15, 0.2) is 0 Å². The molecule has 0 radical (unpaired) electrons. The number of fused-ring (bicyclic) bond motifs is 1. The van der Waals surface area contributed by atoms with Crippen LogP contribution >= 0.6 is 0 Å². The van der Waals surface area contributed by atoms with Crippen molar-refractivity contribution in [3.8, 4) is 0 Å². The van der Waals surface area contributed by atoms with Gasteiger partial charge in [-0.25, -0.2) is 0 Å². The molecule has 1 unspecified atom stereocenters. The van der Waals surface area contributed by atoms with Crippen LogP contribution in [0, 0.1) is 6.92 Å². The lowest BCUT2D eigenvalue weighted by Crippen LogP contribution is -2.15. The van der Waals surface area contributed by atoms with E-state index in [4.69, 9.17) is 10.2 Å². The van der Waals surface area contributed by atoms with Crippen LogP contribution in [0.4, 0.5) is 0 Å². The maximum absolute atomic E-state index is 6.17. The Morgan fingerprint density at radius 2 is 2.17 bits per heavy atom. The molecule has 3 aromatic rings. The van der Waals surface area contributed by atoms with Crippen molar-refractivity contribution in [1.29, 1.82) is 0 Å². The van der Waals surface area contributed by atoms with E-state index in [9.17, 15) is 0 Å². The van der Waals surface area contributed by atoms with Gasteiger partial charge in [-0.1, -0.05) is 16.8 Å². The van der Waals surface area contributed by atoms with Gasteiger partial charge in [-0.2, -0.15) is 0 Å². The quantitative estimate of drug-likeness (QED) is 0.745. The van der Waals surface area contributed by atoms with Crippen LogP contribution in [0.25, 0.3) is 11.0 Å². The fraction of sp³-hybridized carbons (Fsp3) is 0.231. The number of nitrogens with two attached hydrogens (primary N) is 1. The predicted molar refractivity (Wildman–Crippen MR) is 68.0 cm³/mol. The normalized spacial score (nSPS) is 13.1. The summed E-state index contributed by atoms with van der Waals surface area (Å²) in [5, 5.41) is 8.77. The Balaban J connectivity index is 2.07. The summed E-state index contributed by atoms with van der Waals surface area (Å²) in [5.74, 6) is 0.723. The average molecular weight is 242 g/mol. The zero-order chi connectivity index (χ0) is 12.7. The highest BCUT2D eigenvalue weighted by atomic mass is 16.3. The number of hydrogen-bond acceptors (Lipinski definition) is 4. The van der Waals surface area contributed by atoms with Gasteiger partial charge in [-0.3, -0.25) is 4.68 Å². The van der Waals surface area contributed by atoms with Crippen molar-refractivity contribution in [1.82, 2.24) is 15.0 Å². The average Bonchev–Trinajstić information content (AvgIpc) is 2.93. The van der Waals surface area contributed by atoms with Crippen molar-refractivity contribution in [2.24, 2.45) is 12.8 Å². The Morgan fingerprint density at radius 3 is 2.89 bits per heavy atom. The van der Waals surface area contributed by atoms with Gasteiger partial charge in [0.25, 0.3) is 0 Å². The van der Waals surface area contributed by atoms with E-state index >= 15 is 0 Å². The summed E-state index contributed by atoms with van der Waals surface area (Å²) in [7, 11) is 1.81. The first-order valence-corrected chi connectivity index (χ1v) is 5.75. The molecular weight excluding hydrogens is 228 g/mol. The van der Waals surface area contributed by atoms with Crippen molar-refractivity contribution in [3.05, 3.63) is 47.5 Å². The molecule has 0 aliphatic carbocycles. The molecule has 0 spiro atoms. The second-order valence-electron chi connectivity index (χ2n) is 4.45. The van der Waals surface area contributed by atoms with Crippen molar-refractivity contribution in [2.75, 3.05) is 0 Å². The number of hydrogen-bond donors (Lipinski definition) is 1. The van der Waals surface area contributed by atoms with Gasteiger partial charge in [0.05, 0.1) is 11.9 Å². The number of nitrogens with zero attached hydrogens (tertiary/aromatic N) is 3. The Bertz CT molecular complexity index is 698. The SMILES string of the molecule is Cc1ccc2oc(C(N)c3cnnn3C)cc2c1.